The van der Waals surface area contributed by atoms with Crippen molar-refractivity contribution >= 4 is 0 Å². The maximum atomic E-state index is 3.66. The average molecular weight is 225 g/mol. The fraction of sp³-hybridized carbons (Fsp3) is 1.00. The maximum absolute atomic E-state index is 3.66. The molecule has 1 aliphatic carbocycles. The lowest BCUT2D eigenvalue weighted by molar-refractivity contribution is 0.238. The lowest BCUT2D eigenvalue weighted by Crippen LogP contribution is -2.46. The van der Waals surface area contributed by atoms with Crippen LogP contribution >= 0.6 is 0 Å². The molecular weight excluding hydrogens is 198 g/mol. The standard InChI is InChI=1S/C13H27N3/c1-2-3-13(4-5-13)12-15-8-11-16-9-6-14-7-10-16/h14-15H,2-12H2,1H3. The van der Waals surface area contributed by atoms with Gasteiger partial charge in [0.25, 0.3) is 0 Å². The van der Waals surface area contributed by atoms with Crippen molar-refractivity contribution in [3.63, 3.8) is 0 Å². The third-order valence-corrected chi connectivity index (χ3v) is 4.05. The van der Waals surface area contributed by atoms with Gasteiger partial charge in [-0.05, 0) is 24.7 Å². The van der Waals surface area contributed by atoms with Gasteiger partial charge in [0.1, 0.15) is 0 Å². The van der Waals surface area contributed by atoms with Crippen molar-refractivity contribution in [2.75, 3.05) is 45.8 Å². The van der Waals surface area contributed by atoms with Crippen LogP contribution in [0.3, 0.4) is 0 Å². The summed E-state index contributed by atoms with van der Waals surface area (Å²) in [4.78, 5) is 2.56. The van der Waals surface area contributed by atoms with Crippen LogP contribution in [0.4, 0.5) is 0 Å². The number of hydrogen-bond donors (Lipinski definition) is 2. The van der Waals surface area contributed by atoms with Crippen LogP contribution in [0, 0.1) is 5.41 Å². The first-order chi connectivity index (χ1) is 7.85. The summed E-state index contributed by atoms with van der Waals surface area (Å²) < 4.78 is 0. The predicted octanol–water partition coefficient (Wildman–Crippen LogP) is 1.06. The van der Waals surface area contributed by atoms with E-state index in [2.05, 4.69) is 22.5 Å². The third kappa shape index (κ3) is 3.72. The Balaban J connectivity index is 1.51. The molecule has 2 rings (SSSR count). The normalized spacial score (nSPS) is 24.6. The molecule has 1 heterocycles. The second-order valence-electron chi connectivity index (χ2n) is 5.52. The molecule has 0 atom stereocenters. The van der Waals surface area contributed by atoms with E-state index in [0.29, 0.717) is 5.41 Å². The third-order valence-electron chi connectivity index (χ3n) is 4.05. The number of hydrogen-bond acceptors (Lipinski definition) is 3. The van der Waals surface area contributed by atoms with Crippen LogP contribution in [0.2, 0.25) is 0 Å². The predicted molar refractivity (Wildman–Crippen MR) is 68.8 cm³/mol. The van der Waals surface area contributed by atoms with Crippen molar-refractivity contribution in [3.8, 4) is 0 Å². The number of nitrogens with zero attached hydrogens (tertiary/aromatic N) is 1. The van der Waals surface area contributed by atoms with E-state index < -0.39 is 0 Å². The average Bonchev–Trinajstić information content (AvgIpc) is 3.07. The SMILES string of the molecule is CCCC1(CNCCN2CCNCC2)CC1. The van der Waals surface area contributed by atoms with Crippen LogP contribution in [-0.4, -0.2) is 50.7 Å². The van der Waals surface area contributed by atoms with Gasteiger partial charge in [-0.3, -0.25) is 4.90 Å². The lowest BCUT2D eigenvalue weighted by Gasteiger charge is -2.27. The molecule has 1 saturated heterocycles. The van der Waals surface area contributed by atoms with Gasteiger partial charge in [-0.15, -0.1) is 0 Å². The fourth-order valence-electron chi connectivity index (χ4n) is 2.75. The van der Waals surface area contributed by atoms with E-state index in [9.17, 15) is 0 Å². The molecule has 3 nitrogen and oxygen atoms in total. The molecule has 1 aliphatic heterocycles. The summed E-state index contributed by atoms with van der Waals surface area (Å²) in [6.45, 7) is 10.7. The van der Waals surface area contributed by atoms with Gasteiger partial charge in [-0.25, -0.2) is 0 Å². The van der Waals surface area contributed by atoms with Gasteiger partial charge in [0.15, 0.2) is 0 Å². The topological polar surface area (TPSA) is 27.3 Å². The largest absolute Gasteiger partial charge is 0.315 e. The van der Waals surface area contributed by atoms with Crippen molar-refractivity contribution in [2.45, 2.75) is 32.6 Å². The van der Waals surface area contributed by atoms with Crippen LogP contribution in [0.15, 0.2) is 0 Å². The van der Waals surface area contributed by atoms with Gasteiger partial charge in [-0.1, -0.05) is 13.3 Å². The Morgan fingerprint density at radius 2 is 2.00 bits per heavy atom. The van der Waals surface area contributed by atoms with Crippen molar-refractivity contribution < 1.29 is 0 Å². The molecule has 0 radical (unpaired) electrons. The number of rotatable bonds is 7. The molecule has 0 aromatic heterocycles. The second kappa shape index (κ2) is 5.99. The van der Waals surface area contributed by atoms with E-state index in [0.717, 1.165) is 0 Å². The Hall–Kier alpha value is -0.120. The van der Waals surface area contributed by atoms with Gasteiger partial charge in [-0.2, -0.15) is 0 Å². The minimum absolute atomic E-state index is 0.707. The molecule has 1 saturated carbocycles. The maximum Gasteiger partial charge on any atom is 0.0108 e. The zero-order valence-corrected chi connectivity index (χ0v) is 10.7. The van der Waals surface area contributed by atoms with Crippen LogP contribution in [0.25, 0.3) is 0 Å². The molecule has 2 N–H and O–H groups in total. The lowest BCUT2D eigenvalue weighted by atomic mass is 10.0. The van der Waals surface area contributed by atoms with E-state index in [1.807, 2.05) is 0 Å². The highest BCUT2D eigenvalue weighted by Gasteiger charge is 2.40. The van der Waals surface area contributed by atoms with Crippen molar-refractivity contribution in [1.29, 1.82) is 0 Å². The Morgan fingerprint density at radius 1 is 1.25 bits per heavy atom. The highest BCUT2D eigenvalue weighted by Crippen LogP contribution is 2.48. The first kappa shape index (κ1) is 12.3. The Kier molecular flexibility index (Phi) is 4.62. The number of piperazine rings is 1. The molecule has 2 aliphatic rings. The molecule has 0 spiro atoms. The minimum Gasteiger partial charge on any atom is -0.315 e. The summed E-state index contributed by atoms with van der Waals surface area (Å²) >= 11 is 0. The van der Waals surface area contributed by atoms with E-state index in [4.69, 9.17) is 0 Å². The van der Waals surface area contributed by atoms with Crippen molar-refractivity contribution in [1.82, 2.24) is 15.5 Å². The molecule has 0 aromatic carbocycles. The Labute approximate surface area is 100.0 Å². The summed E-state index contributed by atoms with van der Waals surface area (Å²) in [6, 6.07) is 0. The molecule has 16 heavy (non-hydrogen) atoms. The molecule has 94 valence electrons. The van der Waals surface area contributed by atoms with Gasteiger partial charge >= 0.3 is 0 Å². The van der Waals surface area contributed by atoms with E-state index in [1.54, 1.807) is 0 Å². The molecule has 3 heteroatoms. The summed E-state index contributed by atoms with van der Waals surface area (Å²) in [7, 11) is 0. The van der Waals surface area contributed by atoms with E-state index >= 15 is 0 Å². The first-order valence-corrected chi connectivity index (χ1v) is 6.98. The zero-order chi connectivity index (χ0) is 11.3. The van der Waals surface area contributed by atoms with Crippen LogP contribution < -0.4 is 10.6 Å². The summed E-state index contributed by atoms with van der Waals surface area (Å²) in [6.07, 6.45) is 5.69. The zero-order valence-electron chi connectivity index (χ0n) is 10.7. The summed E-state index contributed by atoms with van der Waals surface area (Å²) in [5, 5.41) is 7.05. The van der Waals surface area contributed by atoms with Gasteiger partial charge < -0.3 is 10.6 Å². The summed E-state index contributed by atoms with van der Waals surface area (Å²) in [5.74, 6) is 0. The van der Waals surface area contributed by atoms with Crippen molar-refractivity contribution in [3.05, 3.63) is 0 Å². The Morgan fingerprint density at radius 3 is 2.62 bits per heavy atom. The van der Waals surface area contributed by atoms with Crippen LogP contribution in [0.5, 0.6) is 0 Å². The molecular formula is C13H27N3. The summed E-state index contributed by atoms with van der Waals surface area (Å²) in [5.41, 5.74) is 0.707. The highest BCUT2D eigenvalue weighted by molar-refractivity contribution is 4.94. The van der Waals surface area contributed by atoms with Crippen LogP contribution in [-0.2, 0) is 0 Å². The molecule has 0 unspecified atom stereocenters. The fourth-order valence-corrected chi connectivity index (χ4v) is 2.75. The van der Waals surface area contributed by atoms with E-state index in [-0.39, 0.29) is 0 Å². The van der Waals surface area contributed by atoms with Crippen molar-refractivity contribution in [2.24, 2.45) is 5.41 Å². The minimum atomic E-state index is 0.707. The van der Waals surface area contributed by atoms with Gasteiger partial charge in [0.05, 0.1) is 0 Å². The first-order valence-electron chi connectivity index (χ1n) is 6.98. The van der Waals surface area contributed by atoms with Gasteiger partial charge in [0.2, 0.25) is 0 Å². The van der Waals surface area contributed by atoms with E-state index in [1.165, 1.54) is 71.5 Å². The monoisotopic (exact) mass is 225 g/mol. The molecule has 0 aromatic rings. The van der Waals surface area contributed by atoms with Gasteiger partial charge in [0, 0.05) is 45.8 Å². The molecule has 0 bridgehead atoms. The Bertz CT molecular complexity index is 195. The van der Waals surface area contributed by atoms with Crippen LogP contribution in [0.1, 0.15) is 32.6 Å². The molecule has 2 fully saturated rings. The highest BCUT2D eigenvalue weighted by atomic mass is 15.2. The second-order valence-corrected chi connectivity index (χ2v) is 5.52. The quantitative estimate of drug-likeness (QED) is 0.635. The number of nitrogens with one attached hydrogen (secondary N) is 2. The smallest absolute Gasteiger partial charge is 0.0108 e. The molecule has 0 amide bonds.